The van der Waals surface area contributed by atoms with E-state index in [-0.39, 0.29) is 0 Å². The van der Waals surface area contributed by atoms with Gasteiger partial charge in [-0.2, -0.15) is 0 Å². The average molecular weight is 303 g/mol. The number of carbonyl (C=O) groups excluding carboxylic acids is 1. The first-order valence-corrected chi connectivity index (χ1v) is 9.79. The molecule has 0 heterocycles. The van der Waals surface area contributed by atoms with Gasteiger partial charge in [-0.3, -0.25) is 4.79 Å². The molecule has 22 heavy (non-hydrogen) atoms. The van der Waals surface area contributed by atoms with Crippen molar-refractivity contribution in [2.45, 2.75) is 84.1 Å². The fourth-order valence-electron chi connectivity index (χ4n) is 7.65. The molecule has 2 nitrogen and oxygen atoms in total. The van der Waals surface area contributed by atoms with Crippen LogP contribution in [0.5, 0.6) is 0 Å². The zero-order valence-corrected chi connectivity index (χ0v) is 14.4. The van der Waals surface area contributed by atoms with Crippen molar-refractivity contribution in [2.24, 2.45) is 34.5 Å². The second kappa shape index (κ2) is 5.24. The molecule has 0 aromatic carbocycles. The molecule has 2 unspecified atom stereocenters. The van der Waals surface area contributed by atoms with E-state index < -0.39 is 0 Å². The maximum absolute atomic E-state index is 11.0. The van der Waals surface area contributed by atoms with Crippen LogP contribution in [0.3, 0.4) is 0 Å². The van der Waals surface area contributed by atoms with Crippen LogP contribution < -0.4 is 5.32 Å². The zero-order chi connectivity index (χ0) is 15.4. The third kappa shape index (κ3) is 1.94. The first-order chi connectivity index (χ1) is 10.6. The summed E-state index contributed by atoms with van der Waals surface area (Å²) in [5.74, 6) is 3.79. The minimum Gasteiger partial charge on any atom is -0.355 e. The van der Waals surface area contributed by atoms with E-state index in [1.807, 2.05) is 0 Å². The molecule has 0 bridgehead atoms. The quantitative estimate of drug-likeness (QED) is 0.746. The lowest BCUT2D eigenvalue weighted by atomic mass is 9.45. The molecule has 4 aliphatic carbocycles. The maximum Gasteiger partial charge on any atom is 0.207 e. The molecule has 7 atom stereocenters. The highest BCUT2D eigenvalue weighted by molar-refractivity contribution is 5.47. The zero-order valence-electron chi connectivity index (χ0n) is 14.4. The topological polar surface area (TPSA) is 29.1 Å². The van der Waals surface area contributed by atoms with Crippen molar-refractivity contribution in [1.82, 2.24) is 5.32 Å². The number of amides is 1. The van der Waals surface area contributed by atoms with Gasteiger partial charge in [-0.15, -0.1) is 0 Å². The highest BCUT2D eigenvalue weighted by Crippen LogP contribution is 2.66. The van der Waals surface area contributed by atoms with E-state index in [0.29, 0.717) is 16.9 Å². The van der Waals surface area contributed by atoms with Crippen LogP contribution in [-0.2, 0) is 4.79 Å². The summed E-state index contributed by atoms with van der Waals surface area (Å²) in [5, 5.41) is 3.16. The van der Waals surface area contributed by atoms with Crippen molar-refractivity contribution >= 4 is 6.41 Å². The number of nitrogens with one attached hydrogen (secondary N) is 1. The molecule has 2 heteroatoms. The molecule has 1 amide bonds. The van der Waals surface area contributed by atoms with E-state index in [1.165, 1.54) is 64.2 Å². The van der Waals surface area contributed by atoms with Gasteiger partial charge >= 0.3 is 0 Å². The minimum absolute atomic E-state index is 0.375. The average Bonchev–Trinajstić information content (AvgIpc) is 2.84. The monoisotopic (exact) mass is 303 g/mol. The summed E-state index contributed by atoms with van der Waals surface area (Å²) >= 11 is 0. The van der Waals surface area contributed by atoms with Gasteiger partial charge in [-0.05, 0) is 85.9 Å². The lowest BCUT2D eigenvalue weighted by Gasteiger charge is -2.60. The van der Waals surface area contributed by atoms with E-state index in [2.05, 4.69) is 19.2 Å². The van der Waals surface area contributed by atoms with Crippen molar-refractivity contribution in [2.75, 3.05) is 0 Å². The van der Waals surface area contributed by atoms with Crippen molar-refractivity contribution in [3.8, 4) is 0 Å². The number of fused-ring (bicyclic) bond motifs is 5. The Bertz CT molecular complexity index is 449. The SMILES string of the molecule is C[C@]12CCCCC1CC[C@@H]1[C@@H]2CC[C@]2(C)C(NC=O)CC[C@@H]12. The van der Waals surface area contributed by atoms with Crippen molar-refractivity contribution in [3.05, 3.63) is 0 Å². The standard InChI is InChI=1S/C20H33NO/c1-19-11-4-3-5-14(19)6-7-15-16-8-9-18(21-13-22)20(16,2)12-10-17(15)19/h13-18H,3-12H2,1-2H3,(H,21,22)/t14?,15-,16-,17-,18?,19-,20-/m0/s1. The Morgan fingerprint density at radius 1 is 0.864 bits per heavy atom. The summed E-state index contributed by atoms with van der Waals surface area (Å²) in [6, 6.07) is 0.438. The molecule has 0 saturated heterocycles. The van der Waals surface area contributed by atoms with Crippen LogP contribution in [-0.4, -0.2) is 12.5 Å². The first-order valence-electron chi connectivity index (χ1n) is 9.79. The molecule has 4 fully saturated rings. The van der Waals surface area contributed by atoms with E-state index in [4.69, 9.17) is 0 Å². The molecule has 4 saturated carbocycles. The summed E-state index contributed by atoms with van der Waals surface area (Å²) in [5.41, 5.74) is 1.01. The van der Waals surface area contributed by atoms with Gasteiger partial charge in [0, 0.05) is 6.04 Å². The first kappa shape index (κ1) is 15.0. The van der Waals surface area contributed by atoms with Gasteiger partial charge in [0.1, 0.15) is 0 Å². The van der Waals surface area contributed by atoms with Crippen LogP contribution in [0.2, 0.25) is 0 Å². The highest BCUT2D eigenvalue weighted by atomic mass is 16.1. The normalized spacial score (nSPS) is 54.0. The molecular weight excluding hydrogens is 270 g/mol. The Morgan fingerprint density at radius 2 is 1.68 bits per heavy atom. The fraction of sp³-hybridized carbons (Fsp3) is 0.950. The lowest BCUT2D eigenvalue weighted by molar-refractivity contribution is -0.116. The van der Waals surface area contributed by atoms with Crippen LogP contribution in [0, 0.1) is 34.5 Å². The molecule has 4 aliphatic rings. The summed E-state index contributed by atoms with van der Waals surface area (Å²) in [6.45, 7) is 5.13. The highest BCUT2D eigenvalue weighted by Gasteiger charge is 2.59. The Kier molecular flexibility index (Phi) is 3.58. The molecule has 0 aromatic rings. The number of hydrogen-bond donors (Lipinski definition) is 1. The second-order valence-corrected chi connectivity index (χ2v) is 9.36. The number of hydrogen-bond acceptors (Lipinski definition) is 1. The van der Waals surface area contributed by atoms with Gasteiger partial charge in [0.05, 0.1) is 0 Å². The summed E-state index contributed by atoms with van der Waals surface area (Å²) < 4.78 is 0. The van der Waals surface area contributed by atoms with Crippen LogP contribution in [0.4, 0.5) is 0 Å². The molecule has 0 aliphatic heterocycles. The molecule has 4 rings (SSSR count). The van der Waals surface area contributed by atoms with Crippen molar-refractivity contribution < 1.29 is 4.79 Å². The predicted octanol–water partition coefficient (Wildman–Crippen LogP) is 4.53. The van der Waals surface area contributed by atoms with Gasteiger partial charge in [-0.1, -0.05) is 26.7 Å². The van der Waals surface area contributed by atoms with Gasteiger partial charge < -0.3 is 5.32 Å². The van der Waals surface area contributed by atoms with Crippen LogP contribution in [0.25, 0.3) is 0 Å². The molecule has 124 valence electrons. The van der Waals surface area contributed by atoms with Gasteiger partial charge in [-0.25, -0.2) is 0 Å². The summed E-state index contributed by atoms with van der Waals surface area (Å²) in [4.78, 5) is 11.0. The van der Waals surface area contributed by atoms with Gasteiger partial charge in [0.25, 0.3) is 0 Å². The van der Waals surface area contributed by atoms with Crippen molar-refractivity contribution in [1.29, 1.82) is 0 Å². The van der Waals surface area contributed by atoms with E-state index >= 15 is 0 Å². The van der Waals surface area contributed by atoms with E-state index in [1.54, 1.807) is 0 Å². The molecule has 0 radical (unpaired) electrons. The number of rotatable bonds is 2. The maximum atomic E-state index is 11.0. The lowest BCUT2D eigenvalue weighted by Crippen LogP contribution is -2.54. The predicted molar refractivity (Wildman–Crippen MR) is 89.3 cm³/mol. The smallest absolute Gasteiger partial charge is 0.207 e. The van der Waals surface area contributed by atoms with Crippen LogP contribution >= 0.6 is 0 Å². The van der Waals surface area contributed by atoms with Crippen LogP contribution in [0.1, 0.15) is 78.1 Å². The van der Waals surface area contributed by atoms with Gasteiger partial charge in [0.2, 0.25) is 6.41 Å². The van der Waals surface area contributed by atoms with Crippen molar-refractivity contribution in [3.63, 3.8) is 0 Å². The molecule has 0 spiro atoms. The Labute approximate surface area is 135 Å². The third-order valence-electron chi connectivity index (χ3n) is 8.85. The molecule has 1 N–H and O–H groups in total. The van der Waals surface area contributed by atoms with E-state index in [9.17, 15) is 4.79 Å². The Hall–Kier alpha value is -0.530. The molecule has 0 aromatic heterocycles. The largest absolute Gasteiger partial charge is 0.355 e. The second-order valence-electron chi connectivity index (χ2n) is 9.36. The Balaban J connectivity index is 1.60. The van der Waals surface area contributed by atoms with Crippen LogP contribution in [0.15, 0.2) is 0 Å². The van der Waals surface area contributed by atoms with Gasteiger partial charge in [0.15, 0.2) is 0 Å². The Morgan fingerprint density at radius 3 is 2.50 bits per heavy atom. The summed E-state index contributed by atoms with van der Waals surface area (Å²) in [7, 11) is 0. The minimum atomic E-state index is 0.375. The third-order valence-corrected chi connectivity index (χ3v) is 8.85. The fourth-order valence-corrected chi connectivity index (χ4v) is 7.65. The molecular formula is C20H33NO. The summed E-state index contributed by atoms with van der Waals surface area (Å²) in [6.07, 6.45) is 15.1. The van der Waals surface area contributed by atoms with E-state index in [0.717, 1.165) is 30.1 Å². The number of carbonyl (C=O) groups is 1.